The third-order valence-corrected chi connectivity index (χ3v) is 12.5. The number of piperazine rings is 1. The average molecular weight is 841 g/mol. The topological polar surface area (TPSA) is 181 Å². The molecule has 17 heteroatoms. The van der Waals surface area contributed by atoms with Gasteiger partial charge in [-0.25, -0.2) is 24.1 Å². The van der Waals surface area contributed by atoms with Crippen LogP contribution in [-0.4, -0.2) is 101 Å². The van der Waals surface area contributed by atoms with Crippen LogP contribution in [0.4, 0.5) is 23.0 Å². The molecule has 17 nitrogen and oxygen atoms in total. The number of fused-ring (bicyclic) bond motifs is 2. The predicted octanol–water partition coefficient (Wildman–Crippen LogP) is 3.80. The second-order valence-electron chi connectivity index (χ2n) is 17.1. The first-order chi connectivity index (χ1) is 29.9. The number of aliphatic hydroxyl groups is 1. The number of aromatic nitrogens is 7. The lowest BCUT2D eigenvalue weighted by molar-refractivity contribution is -0.135. The molecule has 2 amide bonds. The maximum absolute atomic E-state index is 13.5. The van der Waals surface area contributed by atoms with E-state index in [0.717, 1.165) is 81.2 Å². The number of rotatable bonds is 11. The van der Waals surface area contributed by atoms with Crippen molar-refractivity contribution in [2.24, 2.45) is 13.0 Å². The number of carbonyl (C=O) groups is 2. The summed E-state index contributed by atoms with van der Waals surface area (Å²) in [5.41, 5.74) is 3.65. The summed E-state index contributed by atoms with van der Waals surface area (Å²) >= 11 is 0. The van der Waals surface area contributed by atoms with Crippen LogP contribution >= 0.6 is 0 Å². The molecule has 0 saturated carbocycles. The van der Waals surface area contributed by atoms with Crippen LogP contribution in [0.1, 0.15) is 51.3 Å². The summed E-state index contributed by atoms with van der Waals surface area (Å²) in [5.74, 6) is 0.654. The molecule has 3 aliphatic rings. The minimum absolute atomic E-state index is 0.211. The minimum atomic E-state index is -1.17. The summed E-state index contributed by atoms with van der Waals surface area (Å²) in [5, 5.41) is 16.7. The average Bonchev–Trinajstić information content (AvgIpc) is 3.69. The molecule has 62 heavy (non-hydrogen) atoms. The molecule has 9 rings (SSSR count). The summed E-state index contributed by atoms with van der Waals surface area (Å²) in [6, 6.07) is 18.7. The molecule has 3 fully saturated rings. The van der Waals surface area contributed by atoms with Crippen molar-refractivity contribution < 1.29 is 14.7 Å². The van der Waals surface area contributed by atoms with Gasteiger partial charge in [-0.1, -0.05) is 18.2 Å². The highest BCUT2D eigenvalue weighted by Crippen LogP contribution is 2.32. The van der Waals surface area contributed by atoms with Gasteiger partial charge < -0.3 is 20.2 Å². The van der Waals surface area contributed by atoms with Gasteiger partial charge in [0.2, 0.25) is 17.8 Å². The van der Waals surface area contributed by atoms with Crippen LogP contribution in [0.2, 0.25) is 0 Å². The number of carbonyl (C=O) groups excluding carboxylic acids is 2. The van der Waals surface area contributed by atoms with Crippen molar-refractivity contribution in [1.29, 1.82) is 0 Å². The van der Waals surface area contributed by atoms with Crippen molar-refractivity contribution in [2.75, 3.05) is 60.9 Å². The Labute approximate surface area is 357 Å². The summed E-state index contributed by atoms with van der Waals surface area (Å²) < 4.78 is 6.34. The van der Waals surface area contributed by atoms with E-state index in [-0.39, 0.29) is 30.1 Å². The molecule has 4 aromatic heterocycles. The molecule has 3 saturated heterocycles. The Bertz CT molecular complexity index is 2800. The molecule has 1 unspecified atom stereocenters. The predicted molar refractivity (Wildman–Crippen MR) is 238 cm³/mol. The highest BCUT2D eigenvalue weighted by Gasteiger charge is 2.33. The Morgan fingerprint density at radius 1 is 0.903 bits per heavy atom. The number of piperidine rings is 2. The zero-order valence-electron chi connectivity index (χ0n) is 35.3. The Morgan fingerprint density at radius 3 is 2.35 bits per heavy atom. The summed E-state index contributed by atoms with van der Waals surface area (Å²) in [6.07, 6.45) is 5.89. The highest BCUT2D eigenvalue weighted by molar-refractivity contribution is 6.00. The van der Waals surface area contributed by atoms with E-state index in [1.165, 1.54) is 10.9 Å². The number of pyridine rings is 1. The number of imidazole rings is 1. The van der Waals surface area contributed by atoms with E-state index >= 15 is 0 Å². The number of nitrogens with zero attached hydrogens (tertiary/aromatic N) is 10. The van der Waals surface area contributed by atoms with Gasteiger partial charge in [0.05, 0.1) is 29.0 Å². The number of hydrogen-bond acceptors (Lipinski definition) is 12. The summed E-state index contributed by atoms with van der Waals surface area (Å²) in [6.45, 7) is 13.9. The van der Waals surface area contributed by atoms with Gasteiger partial charge in [0.15, 0.2) is 11.5 Å². The van der Waals surface area contributed by atoms with Gasteiger partial charge in [-0.2, -0.15) is 4.98 Å². The van der Waals surface area contributed by atoms with E-state index in [9.17, 15) is 24.3 Å². The molecule has 0 radical (unpaired) electrons. The second kappa shape index (κ2) is 16.4. The molecule has 0 aliphatic carbocycles. The van der Waals surface area contributed by atoms with E-state index in [4.69, 9.17) is 4.98 Å². The van der Waals surface area contributed by atoms with Crippen molar-refractivity contribution >= 4 is 56.9 Å². The SMILES string of the molecule is C=CCn1c(=O)c2cnc(Nc3ccc(N4CCC(CN5CCN(c6cccc7c6n(C)c(=O)n7C6CCC(=O)NC6=O)CC5)CC4)cc3)nc2n1-c1cccc(C(C)(C)O)n1. The molecule has 3 N–H and O–H groups in total. The van der Waals surface area contributed by atoms with Gasteiger partial charge in [-0.15, -0.1) is 6.58 Å². The van der Waals surface area contributed by atoms with E-state index in [0.29, 0.717) is 46.3 Å². The maximum Gasteiger partial charge on any atom is 0.329 e. The van der Waals surface area contributed by atoms with Crippen molar-refractivity contribution in [3.05, 3.63) is 106 Å². The lowest BCUT2D eigenvalue weighted by Crippen LogP contribution is -2.49. The lowest BCUT2D eigenvalue weighted by Gasteiger charge is -2.40. The number of para-hydroxylation sites is 1. The number of hydrogen-bond donors (Lipinski definition) is 3. The first kappa shape index (κ1) is 40.8. The van der Waals surface area contributed by atoms with Gasteiger partial charge >= 0.3 is 5.69 Å². The smallest absolute Gasteiger partial charge is 0.329 e. The van der Waals surface area contributed by atoms with Crippen LogP contribution in [0.3, 0.4) is 0 Å². The maximum atomic E-state index is 13.5. The van der Waals surface area contributed by atoms with E-state index in [1.807, 2.05) is 24.3 Å². The monoisotopic (exact) mass is 840 g/mol. The second-order valence-corrected chi connectivity index (χ2v) is 17.1. The molecular weight excluding hydrogens is 789 g/mol. The van der Waals surface area contributed by atoms with Crippen molar-refractivity contribution in [2.45, 2.75) is 57.7 Å². The molecule has 2 aromatic carbocycles. The van der Waals surface area contributed by atoms with Gasteiger partial charge in [0.25, 0.3) is 5.56 Å². The number of benzene rings is 2. The number of imide groups is 1. The highest BCUT2D eigenvalue weighted by atomic mass is 16.3. The normalized spacial score (nSPS) is 18.2. The Kier molecular flexibility index (Phi) is 10.8. The number of nitrogens with one attached hydrogen (secondary N) is 2. The van der Waals surface area contributed by atoms with E-state index in [1.54, 1.807) is 59.0 Å². The quantitative estimate of drug-likeness (QED) is 0.127. The van der Waals surface area contributed by atoms with Crippen molar-refractivity contribution in [3.63, 3.8) is 0 Å². The van der Waals surface area contributed by atoms with E-state index in [2.05, 4.69) is 60.1 Å². The van der Waals surface area contributed by atoms with Gasteiger partial charge in [-0.3, -0.25) is 33.7 Å². The van der Waals surface area contributed by atoms with Crippen LogP contribution in [-0.2, 0) is 28.8 Å². The van der Waals surface area contributed by atoms with Crippen molar-refractivity contribution in [1.82, 2.24) is 43.7 Å². The molecule has 322 valence electrons. The fourth-order valence-corrected chi connectivity index (χ4v) is 9.19. The molecule has 0 spiro atoms. The van der Waals surface area contributed by atoms with Gasteiger partial charge in [0.1, 0.15) is 17.0 Å². The third-order valence-electron chi connectivity index (χ3n) is 12.5. The third kappa shape index (κ3) is 7.66. The minimum Gasteiger partial charge on any atom is -0.384 e. The number of amides is 2. The van der Waals surface area contributed by atoms with Gasteiger partial charge in [-0.05, 0) is 87.6 Å². The first-order valence-corrected chi connectivity index (χ1v) is 21.3. The van der Waals surface area contributed by atoms with Gasteiger partial charge in [0, 0.05) is 76.9 Å². The first-order valence-electron chi connectivity index (χ1n) is 21.3. The molecular formula is C45H52N12O5. The van der Waals surface area contributed by atoms with Crippen LogP contribution in [0.15, 0.2) is 89.1 Å². The summed E-state index contributed by atoms with van der Waals surface area (Å²) in [4.78, 5) is 72.6. The lowest BCUT2D eigenvalue weighted by atomic mass is 9.95. The van der Waals surface area contributed by atoms with E-state index < -0.39 is 17.6 Å². The molecule has 3 aliphatic heterocycles. The van der Waals surface area contributed by atoms with Crippen molar-refractivity contribution in [3.8, 4) is 5.82 Å². The molecule has 6 aromatic rings. The standard InChI is InChI=1S/C45H52N12O5/c1-5-20-55-42(60)32-27-46-43(50-40(32)57(55)37-11-7-10-36(48-37)45(2,3)62)47-30-12-14-31(15-13-30)53-21-18-29(19-22-53)28-52-23-25-54(26-24-52)33-8-6-9-34-39(33)51(4)44(61)56(34)35-16-17-38(58)49-41(35)59/h5-15,27,29,35,62H,1,16-26,28H2,2-4H3,(H,46,47,50)(H,49,58,59). The fraction of sp³-hybridized carbons (Fsp3) is 0.400. The van der Waals surface area contributed by atoms with Crippen LogP contribution < -0.4 is 31.7 Å². The number of aryl methyl sites for hydroxylation is 1. The van der Waals surface area contributed by atoms with Crippen LogP contribution in [0, 0.1) is 5.92 Å². The molecule has 1 atom stereocenters. The summed E-state index contributed by atoms with van der Waals surface area (Å²) in [7, 11) is 1.76. The Morgan fingerprint density at radius 2 is 1.65 bits per heavy atom. The zero-order valence-corrected chi connectivity index (χ0v) is 35.3. The van der Waals surface area contributed by atoms with Crippen LogP contribution in [0.5, 0.6) is 0 Å². The number of allylic oxidation sites excluding steroid dienone is 1. The largest absolute Gasteiger partial charge is 0.384 e. The Balaban J connectivity index is 0.810. The molecule has 0 bridgehead atoms. The fourth-order valence-electron chi connectivity index (χ4n) is 9.19. The zero-order chi connectivity index (χ0) is 43.3. The Hall–Kier alpha value is -6.59. The van der Waals surface area contributed by atoms with Crippen LogP contribution in [0.25, 0.3) is 27.9 Å². The number of anilines is 4. The molecule has 7 heterocycles.